The lowest BCUT2D eigenvalue weighted by Gasteiger charge is -2.07. The number of nitro groups is 1. The van der Waals surface area contributed by atoms with Gasteiger partial charge in [-0.3, -0.25) is 10.1 Å². The molecule has 2 heterocycles. The first-order valence-electron chi connectivity index (χ1n) is 6.88. The number of aromatic nitrogens is 2. The highest BCUT2D eigenvalue weighted by atomic mass is 16.7. The summed E-state index contributed by atoms with van der Waals surface area (Å²) in [6.45, 7) is 1.54. The van der Waals surface area contributed by atoms with Crippen molar-refractivity contribution in [3.05, 3.63) is 64.2 Å². The zero-order chi connectivity index (χ0) is 17.1. The zero-order valence-corrected chi connectivity index (χ0v) is 12.4. The predicted molar refractivity (Wildman–Crippen MR) is 78.9 cm³/mol. The summed E-state index contributed by atoms with van der Waals surface area (Å²) in [4.78, 5) is 21.7. The Morgan fingerprint density at radius 2 is 1.92 bits per heavy atom. The molecule has 0 unspecified atom stereocenters. The van der Waals surface area contributed by atoms with E-state index >= 15 is 0 Å². The minimum absolute atomic E-state index is 0.100. The van der Waals surface area contributed by atoms with Crippen molar-refractivity contribution in [2.45, 2.75) is 13.0 Å². The van der Waals surface area contributed by atoms with Crippen molar-refractivity contribution in [2.24, 2.45) is 0 Å². The highest BCUT2D eigenvalue weighted by Crippen LogP contribution is 2.24. The zero-order valence-electron chi connectivity index (χ0n) is 12.4. The van der Waals surface area contributed by atoms with Crippen LogP contribution in [0.2, 0.25) is 0 Å². The van der Waals surface area contributed by atoms with Crippen LogP contribution in [0.5, 0.6) is 0 Å². The minimum Gasteiger partial charge on any atom is -0.447 e. The van der Waals surface area contributed by atoms with Crippen LogP contribution in [0.1, 0.15) is 29.5 Å². The highest BCUT2D eigenvalue weighted by Gasteiger charge is 2.23. The number of nitrogens with zero attached hydrogens (tertiary/aromatic N) is 3. The lowest BCUT2D eigenvalue weighted by Crippen LogP contribution is -2.08. The Balaban J connectivity index is 1.70. The number of carbonyl (C=O) groups is 1. The largest absolute Gasteiger partial charge is 0.447 e. The molecule has 0 aliphatic carbocycles. The van der Waals surface area contributed by atoms with Crippen LogP contribution < -0.4 is 0 Å². The fraction of sp³-hybridized carbons (Fsp3) is 0.133. The van der Waals surface area contributed by atoms with E-state index in [9.17, 15) is 14.9 Å². The number of rotatable bonds is 5. The lowest BCUT2D eigenvalue weighted by molar-refractivity contribution is -0.402. The second-order valence-corrected chi connectivity index (χ2v) is 4.75. The normalized spacial score (nSPS) is 11.9. The molecule has 3 aromatic rings. The Labute approximate surface area is 135 Å². The van der Waals surface area contributed by atoms with E-state index in [0.717, 1.165) is 17.7 Å². The maximum atomic E-state index is 11.9. The minimum atomic E-state index is -0.866. The summed E-state index contributed by atoms with van der Waals surface area (Å²) in [5.74, 6) is -1.30. The first kappa shape index (κ1) is 15.4. The smallest absolute Gasteiger partial charge is 0.433 e. The number of hydrogen-bond donors (Lipinski definition) is 0. The first-order valence-corrected chi connectivity index (χ1v) is 6.88. The van der Waals surface area contributed by atoms with E-state index < -0.39 is 22.9 Å². The lowest BCUT2D eigenvalue weighted by atomic mass is 10.2. The van der Waals surface area contributed by atoms with Crippen molar-refractivity contribution < 1.29 is 23.3 Å². The standard InChI is InChI=1S/C15H11N3O6/c1-9(22-15(19)11-7-8-12(23-11)18(20)21)13-16-17-14(24-13)10-5-3-2-4-6-10/h2-9H,1H3/t9-/m1/s1. The molecule has 1 atom stereocenters. The second-order valence-electron chi connectivity index (χ2n) is 4.75. The summed E-state index contributed by atoms with van der Waals surface area (Å²) >= 11 is 0. The van der Waals surface area contributed by atoms with E-state index in [1.807, 2.05) is 18.2 Å². The Morgan fingerprint density at radius 3 is 2.58 bits per heavy atom. The third kappa shape index (κ3) is 3.14. The molecule has 0 fully saturated rings. The van der Waals surface area contributed by atoms with Crippen molar-refractivity contribution in [1.29, 1.82) is 0 Å². The van der Waals surface area contributed by atoms with Crippen LogP contribution >= 0.6 is 0 Å². The van der Waals surface area contributed by atoms with Gasteiger partial charge in [-0.15, -0.1) is 10.2 Å². The molecule has 9 nitrogen and oxygen atoms in total. The number of carbonyl (C=O) groups excluding carboxylic acids is 1. The molecule has 0 saturated heterocycles. The Morgan fingerprint density at radius 1 is 1.17 bits per heavy atom. The summed E-state index contributed by atoms with van der Waals surface area (Å²) in [7, 11) is 0. The first-order chi connectivity index (χ1) is 11.5. The van der Waals surface area contributed by atoms with Crippen molar-refractivity contribution >= 4 is 11.9 Å². The molecule has 24 heavy (non-hydrogen) atoms. The van der Waals surface area contributed by atoms with E-state index in [2.05, 4.69) is 10.2 Å². The molecule has 0 spiro atoms. The van der Waals surface area contributed by atoms with Crippen LogP contribution in [0, 0.1) is 10.1 Å². The van der Waals surface area contributed by atoms with Crippen molar-refractivity contribution in [3.63, 3.8) is 0 Å². The number of benzene rings is 1. The van der Waals surface area contributed by atoms with Gasteiger partial charge in [0.2, 0.25) is 11.7 Å². The van der Waals surface area contributed by atoms with E-state index in [-0.39, 0.29) is 11.7 Å². The summed E-state index contributed by atoms with van der Waals surface area (Å²) < 4.78 is 15.4. The molecule has 2 aromatic heterocycles. The SMILES string of the molecule is C[C@@H](OC(=O)c1ccc([N+](=O)[O-])o1)c1nnc(-c2ccccc2)o1. The van der Waals surface area contributed by atoms with Gasteiger partial charge in [-0.05, 0) is 25.1 Å². The molecule has 0 saturated carbocycles. The van der Waals surface area contributed by atoms with Crippen LogP contribution in [-0.2, 0) is 4.74 Å². The number of ether oxygens (including phenoxy) is 1. The molecule has 0 aliphatic heterocycles. The van der Waals surface area contributed by atoms with Gasteiger partial charge >= 0.3 is 11.9 Å². The van der Waals surface area contributed by atoms with Gasteiger partial charge in [0.15, 0.2) is 6.10 Å². The highest BCUT2D eigenvalue weighted by molar-refractivity contribution is 5.86. The van der Waals surface area contributed by atoms with Gasteiger partial charge in [0.05, 0.1) is 6.07 Å². The molecule has 1 aromatic carbocycles. The topological polar surface area (TPSA) is 122 Å². The molecule has 0 bridgehead atoms. The molecular weight excluding hydrogens is 318 g/mol. The number of hydrogen-bond acceptors (Lipinski definition) is 8. The van der Waals surface area contributed by atoms with Gasteiger partial charge < -0.3 is 13.6 Å². The third-order valence-electron chi connectivity index (χ3n) is 3.07. The van der Waals surface area contributed by atoms with Gasteiger partial charge in [-0.25, -0.2) is 4.79 Å². The van der Waals surface area contributed by atoms with Crippen LogP contribution in [0.3, 0.4) is 0 Å². The van der Waals surface area contributed by atoms with Gasteiger partial charge in [-0.1, -0.05) is 18.2 Å². The molecule has 0 radical (unpaired) electrons. The molecule has 0 N–H and O–H groups in total. The molecule has 3 rings (SSSR count). The quantitative estimate of drug-likeness (QED) is 0.397. The van der Waals surface area contributed by atoms with E-state index in [0.29, 0.717) is 5.89 Å². The Kier molecular flexibility index (Phi) is 4.06. The number of furan rings is 1. The molecule has 0 amide bonds. The van der Waals surface area contributed by atoms with Crippen molar-refractivity contribution in [3.8, 4) is 11.5 Å². The monoisotopic (exact) mass is 329 g/mol. The Hall–Kier alpha value is -3.49. The fourth-order valence-electron chi connectivity index (χ4n) is 1.90. The average Bonchev–Trinajstić information content (AvgIpc) is 3.25. The summed E-state index contributed by atoms with van der Waals surface area (Å²) in [6.07, 6.45) is -0.841. The van der Waals surface area contributed by atoms with Gasteiger partial charge in [-0.2, -0.15) is 0 Å². The van der Waals surface area contributed by atoms with Crippen molar-refractivity contribution in [2.75, 3.05) is 0 Å². The van der Waals surface area contributed by atoms with Crippen molar-refractivity contribution in [1.82, 2.24) is 10.2 Å². The van der Waals surface area contributed by atoms with Crippen LogP contribution in [0.25, 0.3) is 11.5 Å². The average molecular weight is 329 g/mol. The van der Waals surface area contributed by atoms with E-state index in [1.54, 1.807) is 12.1 Å². The van der Waals surface area contributed by atoms with Crippen LogP contribution in [0.4, 0.5) is 5.88 Å². The van der Waals surface area contributed by atoms with Crippen LogP contribution in [-0.4, -0.2) is 21.1 Å². The van der Waals surface area contributed by atoms with E-state index in [1.165, 1.54) is 6.92 Å². The van der Waals surface area contributed by atoms with Crippen LogP contribution in [0.15, 0.2) is 51.3 Å². The molecule has 9 heteroatoms. The van der Waals surface area contributed by atoms with Gasteiger partial charge in [0.1, 0.15) is 4.92 Å². The number of esters is 1. The predicted octanol–water partition coefficient (Wildman–Crippen LogP) is 3.16. The Bertz CT molecular complexity index is 870. The maximum Gasteiger partial charge on any atom is 0.433 e. The summed E-state index contributed by atoms with van der Waals surface area (Å²) in [5, 5.41) is 18.3. The second kappa shape index (κ2) is 6.32. The van der Waals surface area contributed by atoms with Gasteiger partial charge in [0, 0.05) is 5.56 Å². The summed E-state index contributed by atoms with van der Waals surface area (Å²) in [5.41, 5.74) is 0.733. The fourth-order valence-corrected chi connectivity index (χ4v) is 1.90. The molecular formula is C15H11N3O6. The third-order valence-corrected chi connectivity index (χ3v) is 3.07. The maximum absolute atomic E-state index is 11.9. The summed E-state index contributed by atoms with van der Waals surface area (Å²) in [6, 6.07) is 11.3. The van der Waals surface area contributed by atoms with E-state index in [4.69, 9.17) is 13.6 Å². The molecule has 0 aliphatic rings. The van der Waals surface area contributed by atoms with Gasteiger partial charge in [0.25, 0.3) is 5.89 Å². The molecule has 122 valence electrons.